The van der Waals surface area contributed by atoms with Gasteiger partial charge in [-0.15, -0.1) is 0 Å². The van der Waals surface area contributed by atoms with Gasteiger partial charge in [-0.1, -0.05) is 0 Å². The molecule has 7 heteroatoms. The molecule has 0 saturated carbocycles. The molecule has 0 unspecified atom stereocenters. The molecule has 1 fully saturated rings. The van der Waals surface area contributed by atoms with E-state index in [0.29, 0.717) is 22.9 Å². The molecule has 1 saturated heterocycles. The molecule has 5 rings (SSSR count). The molecule has 0 atom stereocenters. The van der Waals surface area contributed by atoms with Crippen LogP contribution < -0.4 is 4.90 Å². The van der Waals surface area contributed by atoms with Crippen LogP contribution in [0, 0.1) is 0 Å². The number of pyridine rings is 2. The molecular weight excluding hydrogens is 376 g/mol. The zero-order chi connectivity index (χ0) is 20.8. The minimum absolute atomic E-state index is 0.174. The normalized spacial score (nSPS) is 15.5. The zero-order valence-electron chi connectivity index (χ0n) is 17.6. The number of aryl methyl sites for hydroxylation is 1. The highest BCUT2D eigenvalue weighted by atomic mass is 16.3. The molecule has 7 nitrogen and oxygen atoms in total. The fraction of sp³-hybridized carbons (Fsp3) is 0.348. The number of rotatable bonds is 3. The van der Waals surface area contributed by atoms with E-state index in [1.165, 1.54) is 12.8 Å². The zero-order valence-corrected chi connectivity index (χ0v) is 17.6. The molecule has 1 aliphatic rings. The second-order valence-electron chi connectivity index (χ2n) is 8.35. The topological polar surface area (TPSA) is 70.3 Å². The Labute approximate surface area is 175 Å². The van der Waals surface area contributed by atoms with Gasteiger partial charge in [0.15, 0.2) is 5.65 Å². The average molecular weight is 403 g/mol. The Hall–Kier alpha value is -3.19. The lowest BCUT2D eigenvalue weighted by atomic mass is 10.0. The van der Waals surface area contributed by atoms with E-state index in [2.05, 4.69) is 40.0 Å². The summed E-state index contributed by atoms with van der Waals surface area (Å²) in [4.78, 5) is 14.1. The van der Waals surface area contributed by atoms with E-state index in [4.69, 9.17) is 4.98 Å². The molecule has 1 N–H and O–H groups in total. The van der Waals surface area contributed by atoms with Gasteiger partial charge in [-0.3, -0.25) is 4.68 Å². The van der Waals surface area contributed by atoms with Crippen molar-refractivity contribution in [1.82, 2.24) is 24.6 Å². The van der Waals surface area contributed by atoms with Gasteiger partial charge in [-0.05, 0) is 51.2 Å². The molecule has 1 aliphatic heterocycles. The summed E-state index contributed by atoms with van der Waals surface area (Å²) >= 11 is 0. The third-order valence-corrected chi connectivity index (χ3v) is 6.10. The molecule has 0 spiro atoms. The molecular formula is C23H26N6O. The van der Waals surface area contributed by atoms with Gasteiger partial charge in [-0.25, -0.2) is 9.97 Å². The number of nitrogens with zero attached hydrogens (tertiary/aromatic N) is 6. The van der Waals surface area contributed by atoms with Gasteiger partial charge in [-0.2, -0.15) is 5.10 Å². The van der Waals surface area contributed by atoms with Crippen LogP contribution in [-0.4, -0.2) is 63.0 Å². The van der Waals surface area contributed by atoms with E-state index in [9.17, 15) is 5.11 Å². The van der Waals surface area contributed by atoms with E-state index in [1.807, 2.05) is 37.6 Å². The van der Waals surface area contributed by atoms with Gasteiger partial charge in [0.05, 0.1) is 23.1 Å². The van der Waals surface area contributed by atoms with E-state index >= 15 is 0 Å². The smallest absolute Gasteiger partial charge is 0.159 e. The SMILES string of the molecule is CN(C)C1CCN(c2cnc3nc(-c4cc5cn(C)nc5cc4O)ccc3c2)CC1. The van der Waals surface area contributed by atoms with Crippen molar-refractivity contribution in [3.63, 3.8) is 0 Å². The predicted molar refractivity (Wildman–Crippen MR) is 120 cm³/mol. The standard InChI is InChI=1S/C23H26N6O/c1-27(2)17-6-8-29(9-7-17)18-10-15-4-5-20(25-23(15)24-13-18)19-11-16-14-28(3)26-21(16)12-22(19)30/h4-5,10-14,17,30H,6-9H2,1-3H3. The second kappa shape index (κ2) is 7.25. The van der Waals surface area contributed by atoms with Crippen molar-refractivity contribution >= 4 is 27.6 Å². The lowest BCUT2D eigenvalue weighted by Gasteiger charge is -2.36. The van der Waals surface area contributed by atoms with Gasteiger partial charge >= 0.3 is 0 Å². The second-order valence-corrected chi connectivity index (χ2v) is 8.35. The summed E-state index contributed by atoms with van der Waals surface area (Å²) in [5.41, 5.74) is 3.99. The fourth-order valence-electron chi connectivity index (χ4n) is 4.35. The summed E-state index contributed by atoms with van der Waals surface area (Å²) in [5, 5.41) is 16.8. The lowest BCUT2D eigenvalue weighted by Crippen LogP contribution is -2.42. The number of phenols is 1. The highest BCUT2D eigenvalue weighted by Crippen LogP contribution is 2.33. The van der Waals surface area contributed by atoms with Crippen molar-refractivity contribution < 1.29 is 5.11 Å². The molecule has 0 bridgehead atoms. The molecule has 3 aromatic heterocycles. The first-order valence-electron chi connectivity index (χ1n) is 10.3. The highest BCUT2D eigenvalue weighted by Gasteiger charge is 2.21. The Morgan fingerprint density at radius 3 is 2.63 bits per heavy atom. The summed E-state index contributed by atoms with van der Waals surface area (Å²) in [7, 11) is 6.19. The fourth-order valence-corrected chi connectivity index (χ4v) is 4.35. The Bertz CT molecular complexity index is 1220. The van der Waals surface area contributed by atoms with Crippen LogP contribution >= 0.6 is 0 Å². The van der Waals surface area contributed by atoms with Gasteiger partial charge < -0.3 is 14.9 Å². The van der Waals surface area contributed by atoms with E-state index in [0.717, 1.165) is 35.1 Å². The maximum atomic E-state index is 10.5. The van der Waals surface area contributed by atoms with E-state index < -0.39 is 0 Å². The maximum absolute atomic E-state index is 10.5. The number of piperidine rings is 1. The Morgan fingerprint density at radius 1 is 1.07 bits per heavy atom. The molecule has 0 amide bonds. The van der Waals surface area contributed by atoms with Crippen LogP contribution in [0.3, 0.4) is 0 Å². The summed E-state index contributed by atoms with van der Waals surface area (Å²) in [6, 6.07) is 10.4. The van der Waals surface area contributed by atoms with Gasteiger partial charge in [0.25, 0.3) is 0 Å². The molecule has 30 heavy (non-hydrogen) atoms. The first kappa shape index (κ1) is 18.8. The number of anilines is 1. The minimum atomic E-state index is 0.174. The van der Waals surface area contributed by atoms with E-state index in [-0.39, 0.29) is 5.75 Å². The van der Waals surface area contributed by atoms with Crippen LogP contribution in [0.1, 0.15) is 12.8 Å². The summed E-state index contributed by atoms with van der Waals surface area (Å²) in [5.74, 6) is 0.174. The number of hydrogen-bond donors (Lipinski definition) is 1. The van der Waals surface area contributed by atoms with Gasteiger partial charge in [0.2, 0.25) is 0 Å². The highest BCUT2D eigenvalue weighted by molar-refractivity contribution is 5.89. The molecule has 154 valence electrons. The van der Waals surface area contributed by atoms with Crippen molar-refractivity contribution in [2.45, 2.75) is 18.9 Å². The first-order chi connectivity index (χ1) is 14.5. The van der Waals surface area contributed by atoms with Crippen LogP contribution in [0.25, 0.3) is 33.2 Å². The van der Waals surface area contributed by atoms with Gasteiger partial charge in [0, 0.05) is 54.8 Å². The van der Waals surface area contributed by atoms with Crippen LogP contribution in [-0.2, 0) is 7.05 Å². The van der Waals surface area contributed by atoms with Crippen molar-refractivity contribution in [2.24, 2.45) is 7.05 Å². The number of aromatic hydroxyl groups is 1. The molecule has 0 radical (unpaired) electrons. The number of phenolic OH excluding ortho intramolecular Hbond substituents is 1. The van der Waals surface area contributed by atoms with Crippen LogP contribution in [0.15, 0.2) is 42.7 Å². The predicted octanol–water partition coefficient (Wildman–Crippen LogP) is 3.42. The average Bonchev–Trinajstić information content (AvgIpc) is 3.11. The third-order valence-electron chi connectivity index (χ3n) is 6.10. The third kappa shape index (κ3) is 3.35. The van der Waals surface area contributed by atoms with Crippen molar-refractivity contribution in [2.75, 3.05) is 32.1 Å². The summed E-state index contributed by atoms with van der Waals surface area (Å²) in [6.07, 6.45) is 6.18. The number of aromatic nitrogens is 4. The number of benzene rings is 1. The Balaban J connectivity index is 1.45. The van der Waals surface area contributed by atoms with Crippen LogP contribution in [0.5, 0.6) is 5.75 Å². The quantitative estimate of drug-likeness (QED) is 0.566. The van der Waals surface area contributed by atoms with Gasteiger partial charge in [0.1, 0.15) is 5.75 Å². The van der Waals surface area contributed by atoms with E-state index in [1.54, 1.807) is 10.7 Å². The minimum Gasteiger partial charge on any atom is -0.507 e. The number of hydrogen-bond acceptors (Lipinski definition) is 6. The van der Waals surface area contributed by atoms with Crippen LogP contribution in [0.2, 0.25) is 0 Å². The number of fused-ring (bicyclic) bond motifs is 2. The lowest BCUT2D eigenvalue weighted by molar-refractivity contribution is 0.249. The summed E-state index contributed by atoms with van der Waals surface area (Å²) < 4.78 is 1.74. The van der Waals surface area contributed by atoms with Crippen molar-refractivity contribution in [3.8, 4) is 17.0 Å². The molecule has 4 heterocycles. The molecule has 4 aromatic rings. The summed E-state index contributed by atoms with van der Waals surface area (Å²) in [6.45, 7) is 2.08. The maximum Gasteiger partial charge on any atom is 0.159 e. The van der Waals surface area contributed by atoms with Crippen LogP contribution in [0.4, 0.5) is 5.69 Å². The Morgan fingerprint density at radius 2 is 1.87 bits per heavy atom. The molecule has 0 aliphatic carbocycles. The van der Waals surface area contributed by atoms with Crippen molar-refractivity contribution in [1.29, 1.82) is 0 Å². The first-order valence-corrected chi connectivity index (χ1v) is 10.3. The monoisotopic (exact) mass is 402 g/mol. The molecule has 1 aromatic carbocycles. The Kier molecular flexibility index (Phi) is 4.55. The van der Waals surface area contributed by atoms with Crippen molar-refractivity contribution in [3.05, 3.63) is 42.7 Å². The largest absolute Gasteiger partial charge is 0.507 e.